The van der Waals surface area contributed by atoms with Gasteiger partial charge in [0, 0.05) is 19.2 Å². The Balaban J connectivity index is 1.51. The molecular weight excluding hydrogens is 282 g/mol. The Morgan fingerprint density at radius 2 is 2.00 bits per heavy atom. The van der Waals surface area contributed by atoms with Crippen molar-refractivity contribution in [3.8, 4) is 0 Å². The summed E-state index contributed by atoms with van der Waals surface area (Å²) in [6, 6.07) is 11.1. The molecule has 0 aliphatic rings. The van der Waals surface area contributed by atoms with Crippen LogP contribution in [0.4, 0.5) is 0 Å². The van der Waals surface area contributed by atoms with Gasteiger partial charge >= 0.3 is 0 Å². The molecule has 0 aliphatic carbocycles. The fourth-order valence-corrected chi connectivity index (χ4v) is 2.14. The van der Waals surface area contributed by atoms with Gasteiger partial charge in [-0.3, -0.25) is 20.4 Å². The Morgan fingerprint density at radius 3 is 2.82 bits per heavy atom. The van der Waals surface area contributed by atoms with Gasteiger partial charge in [-0.15, -0.1) is 0 Å². The number of aromatic nitrogens is 3. The smallest absolute Gasteiger partial charge is 0.286 e. The Hall–Kier alpha value is -3.09. The molecule has 0 bridgehead atoms. The van der Waals surface area contributed by atoms with Crippen LogP contribution in [0.5, 0.6) is 0 Å². The van der Waals surface area contributed by atoms with E-state index >= 15 is 0 Å². The van der Waals surface area contributed by atoms with Crippen LogP contribution in [0.3, 0.4) is 0 Å². The van der Waals surface area contributed by atoms with Crippen LogP contribution in [0.25, 0.3) is 11.0 Å². The van der Waals surface area contributed by atoms with Gasteiger partial charge in [0.15, 0.2) is 0 Å². The third kappa shape index (κ3) is 2.98. The molecule has 3 rings (SSSR count). The van der Waals surface area contributed by atoms with Gasteiger partial charge in [0.2, 0.25) is 5.91 Å². The van der Waals surface area contributed by atoms with Crippen molar-refractivity contribution in [1.29, 1.82) is 0 Å². The van der Waals surface area contributed by atoms with Crippen LogP contribution in [-0.4, -0.2) is 26.3 Å². The zero-order valence-corrected chi connectivity index (χ0v) is 11.7. The maximum atomic E-state index is 11.8. The lowest BCUT2D eigenvalue weighted by Crippen LogP contribution is -2.42. The number of rotatable bonds is 4. The van der Waals surface area contributed by atoms with Gasteiger partial charge in [0.25, 0.3) is 5.91 Å². The van der Waals surface area contributed by atoms with E-state index in [1.54, 1.807) is 24.7 Å². The highest BCUT2D eigenvalue weighted by atomic mass is 16.2. The number of benzene rings is 1. The Labute approximate surface area is 126 Å². The SMILES string of the molecule is O=C(CCn1cnc2ccccc21)NNC(=O)c1ccc[nH]1. The lowest BCUT2D eigenvalue weighted by molar-refractivity contribution is -0.122. The number of imidazole rings is 1. The summed E-state index contributed by atoms with van der Waals surface area (Å²) in [5.74, 6) is -0.649. The number of carbonyl (C=O) groups is 2. The molecule has 2 amide bonds. The maximum absolute atomic E-state index is 11.8. The highest BCUT2D eigenvalue weighted by molar-refractivity contribution is 5.93. The summed E-state index contributed by atoms with van der Waals surface area (Å²) in [6.45, 7) is 0.491. The van der Waals surface area contributed by atoms with Gasteiger partial charge in [-0.05, 0) is 24.3 Å². The number of nitrogens with zero attached hydrogens (tertiary/aromatic N) is 2. The van der Waals surface area contributed by atoms with Gasteiger partial charge in [-0.25, -0.2) is 4.98 Å². The largest absolute Gasteiger partial charge is 0.357 e. The van der Waals surface area contributed by atoms with Gasteiger partial charge in [0.05, 0.1) is 17.4 Å². The van der Waals surface area contributed by atoms with E-state index in [1.807, 2.05) is 28.8 Å². The number of hydrogen-bond acceptors (Lipinski definition) is 3. The molecular formula is C15H15N5O2. The molecule has 0 spiro atoms. The van der Waals surface area contributed by atoms with Crippen molar-refractivity contribution >= 4 is 22.8 Å². The van der Waals surface area contributed by atoms with Gasteiger partial charge < -0.3 is 9.55 Å². The molecule has 0 aliphatic heterocycles. The number of carbonyl (C=O) groups excluding carboxylic acids is 2. The first-order valence-corrected chi connectivity index (χ1v) is 6.86. The molecule has 7 heteroatoms. The predicted molar refractivity (Wildman–Crippen MR) is 80.8 cm³/mol. The molecule has 0 saturated heterocycles. The van der Waals surface area contributed by atoms with Gasteiger partial charge in [-0.1, -0.05) is 12.1 Å². The van der Waals surface area contributed by atoms with Gasteiger partial charge in [-0.2, -0.15) is 0 Å². The minimum atomic E-state index is -0.383. The zero-order chi connectivity index (χ0) is 15.4. The number of hydrazine groups is 1. The van der Waals surface area contributed by atoms with E-state index in [4.69, 9.17) is 0 Å². The van der Waals surface area contributed by atoms with E-state index in [0.29, 0.717) is 12.2 Å². The van der Waals surface area contributed by atoms with Crippen molar-refractivity contribution in [2.24, 2.45) is 0 Å². The third-order valence-electron chi connectivity index (χ3n) is 3.27. The lowest BCUT2D eigenvalue weighted by Gasteiger charge is -2.07. The Kier molecular flexibility index (Phi) is 3.86. The van der Waals surface area contributed by atoms with E-state index in [1.165, 1.54) is 0 Å². The number of aryl methyl sites for hydroxylation is 1. The van der Waals surface area contributed by atoms with Crippen LogP contribution in [-0.2, 0) is 11.3 Å². The van der Waals surface area contributed by atoms with Crippen molar-refractivity contribution < 1.29 is 9.59 Å². The molecule has 3 N–H and O–H groups in total. The molecule has 7 nitrogen and oxygen atoms in total. The Bertz CT molecular complexity index is 791. The zero-order valence-electron chi connectivity index (χ0n) is 11.7. The molecule has 0 fully saturated rings. The van der Waals surface area contributed by atoms with Crippen molar-refractivity contribution in [3.63, 3.8) is 0 Å². The average molecular weight is 297 g/mol. The number of aromatic amines is 1. The van der Waals surface area contributed by atoms with E-state index in [9.17, 15) is 9.59 Å². The average Bonchev–Trinajstić information content (AvgIpc) is 3.20. The molecule has 2 heterocycles. The number of hydrogen-bond donors (Lipinski definition) is 3. The highest BCUT2D eigenvalue weighted by Crippen LogP contribution is 2.11. The van der Waals surface area contributed by atoms with E-state index in [0.717, 1.165) is 11.0 Å². The molecule has 0 atom stereocenters. The topological polar surface area (TPSA) is 91.8 Å². The van der Waals surface area contributed by atoms with Crippen LogP contribution in [0.1, 0.15) is 16.9 Å². The van der Waals surface area contributed by atoms with E-state index in [2.05, 4.69) is 20.8 Å². The van der Waals surface area contributed by atoms with E-state index in [-0.39, 0.29) is 18.2 Å². The second-order valence-electron chi connectivity index (χ2n) is 4.76. The first-order chi connectivity index (χ1) is 10.7. The molecule has 2 aromatic heterocycles. The number of nitrogens with one attached hydrogen (secondary N) is 3. The normalized spacial score (nSPS) is 10.5. The highest BCUT2D eigenvalue weighted by Gasteiger charge is 2.08. The molecule has 0 saturated carbocycles. The minimum Gasteiger partial charge on any atom is -0.357 e. The predicted octanol–water partition coefficient (Wildman–Crippen LogP) is 1.22. The van der Waals surface area contributed by atoms with Gasteiger partial charge in [0.1, 0.15) is 5.69 Å². The van der Waals surface area contributed by atoms with Crippen LogP contribution in [0.15, 0.2) is 48.9 Å². The number of para-hydroxylation sites is 2. The van der Waals surface area contributed by atoms with Crippen LogP contribution in [0, 0.1) is 0 Å². The summed E-state index contributed by atoms with van der Waals surface area (Å²) < 4.78 is 1.90. The summed E-state index contributed by atoms with van der Waals surface area (Å²) in [7, 11) is 0. The summed E-state index contributed by atoms with van der Waals surface area (Å²) in [5, 5.41) is 0. The van der Waals surface area contributed by atoms with E-state index < -0.39 is 0 Å². The molecule has 3 aromatic rings. The first kappa shape index (κ1) is 13.9. The number of H-pyrrole nitrogens is 1. The van der Waals surface area contributed by atoms with Crippen molar-refractivity contribution in [2.75, 3.05) is 0 Å². The Morgan fingerprint density at radius 1 is 1.14 bits per heavy atom. The van der Waals surface area contributed by atoms with Crippen LogP contribution >= 0.6 is 0 Å². The third-order valence-corrected chi connectivity index (χ3v) is 3.27. The number of amides is 2. The van der Waals surface area contributed by atoms with Crippen molar-refractivity contribution in [1.82, 2.24) is 25.4 Å². The molecule has 22 heavy (non-hydrogen) atoms. The van der Waals surface area contributed by atoms with Crippen molar-refractivity contribution in [3.05, 3.63) is 54.6 Å². The second kappa shape index (κ2) is 6.13. The van der Waals surface area contributed by atoms with Crippen molar-refractivity contribution in [2.45, 2.75) is 13.0 Å². The fraction of sp³-hybridized carbons (Fsp3) is 0.133. The van der Waals surface area contributed by atoms with Crippen LogP contribution < -0.4 is 10.9 Å². The standard InChI is InChI=1S/C15H15N5O2/c21-14(18-19-15(22)12-5-3-8-16-12)7-9-20-10-17-11-4-1-2-6-13(11)20/h1-6,8,10,16H,7,9H2,(H,18,21)(H,19,22). The monoisotopic (exact) mass is 297 g/mol. The fourth-order valence-electron chi connectivity index (χ4n) is 2.14. The molecule has 0 unspecified atom stereocenters. The second-order valence-corrected chi connectivity index (χ2v) is 4.76. The molecule has 112 valence electrons. The maximum Gasteiger partial charge on any atom is 0.286 e. The summed E-state index contributed by atoms with van der Waals surface area (Å²) in [4.78, 5) is 30.4. The lowest BCUT2D eigenvalue weighted by atomic mass is 10.3. The quantitative estimate of drug-likeness (QED) is 0.632. The van der Waals surface area contributed by atoms with Crippen LogP contribution in [0.2, 0.25) is 0 Å². The number of fused-ring (bicyclic) bond motifs is 1. The summed E-state index contributed by atoms with van der Waals surface area (Å²) >= 11 is 0. The molecule has 0 radical (unpaired) electrons. The molecule has 1 aromatic carbocycles. The summed E-state index contributed by atoms with van der Waals surface area (Å²) in [6.07, 6.45) is 3.59. The minimum absolute atomic E-state index is 0.241. The first-order valence-electron chi connectivity index (χ1n) is 6.86. The summed E-state index contributed by atoms with van der Waals surface area (Å²) in [5.41, 5.74) is 7.01.